The van der Waals surface area contributed by atoms with Gasteiger partial charge in [-0.3, -0.25) is 0 Å². The van der Waals surface area contributed by atoms with Crippen LogP contribution in [0.25, 0.3) is 0 Å². The third kappa shape index (κ3) is 6.16. The zero-order chi connectivity index (χ0) is 26.1. The molecule has 0 aliphatic rings. The second-order valence-corrected chi connectivity index (χ2v) is 12.0. The maximum atomic E-state index is 3.73. The molecule has 0 saturated carbocycles. The number of anilines is 6. The summed E-state index contributed by atoms with van der Waals surface area (Å²) in [6.07, 6.45) is 0. The third-order valence-electron chi connectivity index (χ3n) is 6.52. The molecule has 0 fully saturated rings. The topological polar surface area (TPSA) is 36.1 Å². The van der Waals surface area contributed by atoms with E-state index >= 15 is 0 Å². The Morgan fingerprint density at radius 2 is 0.583 bits per heavy atom. The van der Waals surface area contributed by atoms with Crippen LogP contribution in [0.1, 0.15) is 33.4 Å². The highest BCUT2D eigenvalue weighted by Crippen LogP contribution is 2.36. The molecule has 0 saturated heterocycles. The van der Waals surface area contributed by atoms with Crippen LogP contribution in [-0.2, 0) is 0 Å². The molecule has 6 heteroatoms. The summed E-state index contributed by atoms with van der Waals surface area (Å²) in [6.45, 7) is 12.8. The molecule has 0 aliphatic heterocycles. The summed E-state index contributed by atoms with van der Waals surface area (Å²) in [5.74, 6) is 0. The highest BCUT2D eigenvalue weighted by Gasteiger charge is 2.11. The molecule has 4 aromatic carbocycles. The molecule has 186 valence electrons. The minimum Gasteiger partial charge on any atom is -0.354 e. The normalized spacial score (nSPS) is 10.9. The van der Waals surface area contributed by atoms with Crippen molar-refractivity contribution >= 4 is 81.9 Å². The highest BCUT2D eigenvalue weighted by atomic mass is 79.9. The van der Waals surface area contributed by atoms with E-state index < -0.39 is 0 Å². The third-order valence-corrected chi connectivity index (χ3v) is 8.49. The fourth-order valence-corrected chi connectivity index (χ4v) is 5.61. The van der Waals surface area contributed by atoms with Crippen molar-refractivity contribution in [3.05, 3.63) is 101 Å². The highest BCUT2D eigenvalue weighted by molar-refractivity contribution is 9.11. The Morgan fingerprint density at radius 3 is 0.833 bits per heavy atom. The summed E-state index contributed by atoms with van der Waals surface area (Å²) in [6, 6.07) is 19.4. The standard InChI is InChI=1S/C30H30Br3N3/c1-16-7-25(31)28(10-19(16)4)34-22-13-23(35-29-11-20(5)17(2)8-26(29)32)15-24(14-22)36-30-12-21(6)18(3)9-27(30)33/h7-15,34-36H,1-6H3. The summed E-state index contributed by atoms with van der Waals surface area (Å²) in [5, 5.41) is 10.8. The van der Waals surface area contributed by atoms with Gasteiger partial charge < -0.3 is 16.0 Å². The van der Waals surface area contributed by atoms with Gasteiger partial charge in [0.2, 0.25) is 0 Å². The summed E-state index contributed by atoms with van der Waals surface area (Å²) in [4.78, 5) is 0. The molecule has 0 amide bonds. The second kappa shape index (κ2) is 11.0. The van der Waals surface area contributed by atoms with Crippen LogP contribution in [-0.4, -0.2) is 0 Å². The van der Waals surface area contributed by atoms with Crippen LogP contribution >= 0.6 is 47.8 Å². The molecule has 0 radical (unpaired) electrons. The molecule has 36 heavy (non-hydrogen) atoms. The van der Waals surface area contributed by atoms with Gasteiger partial charge >= 0.3 is 0 Å². The molecule has 3 nitrogen and oxygen atoms in total. The van der Waals surface area contributed by atoms with E-state index in [4.69, 9.17) is 0 Å². The summed E-state index contributed by atoms with van der Waals surface area (Å²) in [7, 11) is 0. The van der Waals surface area contributed by atoms with E-state index in [0.29, 0.717) is 0 Å². The fraction of sp³-hybridized carbons (Fsp3) is 0.200. The molecule has 3 N–H and O–H groups in total. The van der Waals surface area contributed by atoms with Gasteiger partial charge in [0.05, 0.1) is 17.1 Å². The molecule has 0 aromatic heterocycles. The first-order valence-corrected chi connectivity index (χ1v) is 14.1. The Labute approximate surface area is 239 Å². The van der Waals surface area contributed by atoms with Crippen molar-refractivity contribution in [2.24, 2.45) is 0 Å². The van der Waals surface area contributed by atoms with E-state index in [1.165, 1.54) is 33.4 Å². The zero-order valence-electron chi connectivity index (χ0n) is 21.3. The van der Waals surface area contributed by atoms with E-state index in [-0.39, 0.29) is 0 Å². The minimum atomic E-state index is 0.978. The molecule has 4 aromatic rings. The van der Waals surface area contributed by atoms with Gasteiger partial charge in [0, 0.05) is 30.5 Å². The van der Waals surface area contributed by atoms with E-state index in [0.717, 1.165) is 47.5 Å². The van der Waals surface area contributed by atoms with Gasteiger partial charge in [0.25, 0.3) is 0 Å². The van der Waals surface area contributed by atoms with E-state index in [1.807, 2.05) is 0 Å². The first-order valence-electron chi connectivity index (χ1n) is 11.8. The lowest BCUT2D eigenvalue weighted by Gasteiger charge is -2.18. The lowest BCUT2D eigenvalue weighted by Crippen LogP contribution is -2.00. The van der Waals surface area contributed by atoms with E-state index in [1.54, 1.807) is 0 Å². The van der Waals surface area contributed by atoms with Crippen molar-refractivity contribution in [2.75, 3.05) is 16.0 Å². The Morgan fingerprint density at radius 1 is 0.361 bits per heavy atom. The van der Waals surface area contributed by atoms with Gasteiger partial charge in [0.15, 0.2) is 0 Å². The molecule has 0 spiro atoms. The van der Waals surface area contributed by atoms with Gasteiger partial charge in [-0.1, -0.05) is 0 Å². The minimum absolute atomic E-state index is 0.978. The van der Waals surface area contributed by atoms with E-state index in [2.05, 4.69) is 160 Å². The fourth-order valence-electron chi connectivity index (χ4n) is 3.94. The summed E-state index contributed by atoms with van der Waals surface area (Å²) in [5.41, 5.74) is 13.5. The molecule has 0 heterocycles. The smallest absolute Gasteiger partial charge is 0.0531 e. The SMILES string of the molecule is Cc1cc(Br)c(Nc2cc(Nc3cc(C)c(C)cc3Br)cc(Nc3cc(C)c(C)cc3Br)c2)cc1C. The van der Waals surface area contributed by atoms with Crippen LogP contribution in [0.15, 0.2) is 68.0 Å². The van der Waals surface area contributed by atoms with Gasteiger partial charge in [0.1, 0.15) is 0 Å². The maximum Gasteiger partial charge on any atom is 0.0531 e. The van der Waals surface area contributed by atoms with Crippen molar-refractivity contribution in [2.45, 2.75) is 41.5 Å². The van der Waals surface area contributed by atoms with Gasteiger partial charge in [-0.15, -0.1) is 0 Å². The average Bonchev–Trinajstić information content (AvgIpc) is 2.79. The summed E-state index contributed by atoms with van der Waals surface area (Å²) < 4.78 is 3.10. The largest absolute Gasteiger partial charge is 0.354 e. The van der Waals surface area contributed by atoms with Crippen molar-refractivity contribution in [1.82, 2.24) is 0 Å². The predicted octanol–water partition coefficient (Wildman–Crippen LogP) is 11.1. The van der Waals surface area contributed by atoms with Crippen molar-refractivity contribution in [3.63, 3.8) is 0 Å². The van der Waals surface area contributed by atoms with Crippen LogP contribution in [0, 0.1) is 41.5 Å². The molecule has 0 unspecified atom stereocenters. The average molecular weight is 672 g/mol. The second-order valence-electron chi connectivity index (χ2n) is 9.42. The summed E-state index contributed by atoms with van der Waals surface area (Å²) >= 11 is 11.2. The first kappa shape index (κ1) is 26.8. The zero-order valence-corrected chi connectivity index (χ0v) is 26.1. The van der Waals surface area contributed by atoms with Crippen molar-refractivity contribution in [3.8, 4) is 0 Å². The first-order chi connectivity index (χ1) is 17.0. The van der Waals surface area contributed by atoms with Gasteiger partial charge in [-0.05, 0) is 177 Å². The molecular formula is C30H30Br3N3. The number of nitrogens with one attached hydrogen (secondary N) is 3. The Bertz CT molecular complexity index is 1270. The quantitative estimate of drug-likeness (QED) is 0.191. The number of halogens is 3. The monoisotopic (exact) mass is 669 g/mol. The lowest BCUT2D eigenvalue weighted by molar-refractivity contribution is 1.32. The maximum absolute atomic E-state index is 3.73. The molecule has 4 rings (SSSR count). The van der Waals surface area contributed by atoms with Crippen molar-refractivity contribution in [1.29, 1.82) is 0 Å². The Balaban J connectivity index is 1.76. The van der Waals surface area contributed by atoms with Crippen LogP contribution in [0.5, 0.6) is 0 Å². The number of aryl methyl sites for hydroxylation is 6. The van der Waals surface area contributed by atoms with Crippen LogP contribution in [0.3, 0.4) is 0 Å². The van der Waals surface area contributed by atoms with Gasteiger partial charge in [-0.2, -0.15) is 0 Å². The molecule has 0 bridgehead atoms. The van der Waals surface area contributed by atoms with Gasteiger partial charge in [-0.25, -0.2) is 0 Å². The number of rotatable bonds is 6. The van der Waals surface area contributed by atoms with Crippen LogP contribution in [0.4, 0.5) is 34.1 Å². The number of benzene rings is 4. The number of hydrogen-bond acceptors (Lipinski definition) is 3. The Hall–Kier alpha value is -2.28. The Kier molecular flexibility index (Phi) is 8.18. The molecular weight excluding hydrogens is 642 g/mol. The lowest BCUT2D eigenvalue weighted by atomic mass is 10.1. The molecule has 0 aliphatic carbocycles. The van der Waals surface area contributed by atoms with Crippen molar-refractivity contribution < 1.29 is 0 Å². The van der Waals surface area contributed by atoms with Crippen LogP contribution < -0.4 is 16.0 Å². The predicted molar refractivity (Wildman–Crippen MR) is 167 cm³/mol. The number of hydrogen-bond donors (Lipinski definition) is 3. The van der Waals surface area contributed by atoms with E-state index in [9.17, 15) is 0 Å². The van der Waals surface area contributed by atoms with Crippen LogP contribution in [0.2, 0.25) is 0 Å². The molecule has 0 atom stereocenters.